The van der Waals surface area contributed by atoms with Crippen molar-refractivity contribution in [3.63, 3.8) is 0 Å². The predicted molar refractivity (Wildman–Crippen MR) is 95.7 cm³/mol. The number of nitrogens with one attached hydrogen (secondary N) is 2. The highest BCUT2D eigenvalue weighted by Crippen LogP contribution is 2.15. The summed E-state index contributed by atoms with van der Waals surface area (Å²) in [5.41, 5.74) is 0.354. The molecule has 0 unspecified atom stereocenters. The van der Waals surface area contributed by atoms with Crippen LogP contribution < -0.4 is 10.0 Å². The van der Waals surface area contributed by atoms with Gasteiger partial charge in [0.25, 0.3) is 5.91 Å². The van der Waals surface area contributed by atoms with Gasteiger partial charge in [-0.05, 0) is 36.7 Å². The Morgan fingerprint density at radius 2 is 2.04 bits per heavy atom. The third-order valence-electron chi connectivity index (χ3n) is 3.45. The van der Waals surface area contributed by atoms with Gasteiger partial charge in [-0.25, -0.2) is 13.1 Å². The van der Waals surface area contributed by atoms with Crippen molar-refractivity contribution >= 4 is 27.3 Å². The lowest BCUT2D eigenvalue weighted by atomic mass is 10.2. The number of carbonyl (C=O) groups excluding carboxylic acids is 1. The Balaban J connectivity index is 2.12. The van der Waals surface area contributed by atoms with Gasteiger partial charge in [0.2, 0.25) is 10.0 Å². The molecule has 1 heterocycles. The molecule has 8 heteroatoms. The highest BCUT2D eigenvalue weighted by molar-refractivity contribution is 7.89. The lowest BCUT2D eigenvalue weighted by molar-refractivity contribution is 0.0796. The van der Waals surface area contributed by atoms with Crippen molar-refractivity contribution < 1.29 is 13.2 Å². The fourth-order valence-electron chi connectivity index (χ4n) is 2.06. The van der Waals surface area contributed by atoms with Crippen LogP contribution >= 0.6 is 11.3 Å². The molecular weight excluding hydrogens is 346 g/mol. The largest absolute Gasteiger partial charge is 0.340 e. The molecule has 1 amide bonds. The van der Waals surface area contributed by atoms with Gasteiger partial charge in [0, 0.05) is 37.1 Å². The highest BCUT2D eigenvalue weighted by atomic mass is 32.2. The van der Waals surface area contributed by atoms with E-state index in [-0.39, 0.29) is 17.3 Å². The zero-order valence-corrected chi connectivity index (χ0v) is 15.3. The number of nitrogens with zero attached hydrogens (tertiary/aromatic N) is 1. The Morgan fingerprint density at radius 3 is 2.71 bits per heavy atom. The number of hydrogen-bond donors (Lipinski definition) is 2. The van der Waals surface area contributed by atoms with Gasteiger partial charge in [0.15, 0.2) is 0 Å². The first-order valence-corrected chi connectivity index (χ1v) is 9.82. The average Bonchev–Trinajstić information content (AvgIpc) is 3.11. The van der Waals surface area contributed by atoms with E-state index in [4.69, 9.17) is 0 Å². The second kappa shape index (κ2) is 8.39. The van der Waals surface area contributed by atoms with E-state index in [0.717, 1.165) is 4.88 Å². The SMILES string of the molecule is CNCCN(C)C(=O)c1cccc(S(=O)(=O)NCc2cccs2)c1. The summed E-state index contributed by atoms with van der Waals surface area (Å²) in [5.74, 6) is -0.208. The van der Waals surface area contributed by atoms with Crippen LogP contribution in [0.25, 0.3) is 0 Å². The van der Waals surface area contributed by atoms with E-state index in [1.165, 1.54) is 23.5 Å². The molecule has 0 radical (unpaired) electrons. The van der Waals surface area contributed by atoms with E-state index in [1.54, 1.807) is 24.1 Å². The van der Waals surface area contributed by atoms with Crippen LogP contribution in [0.15, 0.2) is 46.7 Å². The molecule has 24 heavy (non-hydrogen) atoms. The zero-order valence-electron chi connectivity index (χ0n) is 13.7. The molecule has 6 nitrogen and oxygen atoms in total. The number of hydrogen-bond acceptors (Lipinski definition) is 5. The maximum absolute atomic E-state index is 12.4. The van der Waals surface area contributed by atoms with Gasteiger partial charge in [-0.3, -0.25) is 4.79 Å². The summed E-state index contributed by atoms with van der Waals surface area (Å²) in [7, 11) is -0.161. The monoisotopic (exact) mass is 367 g/mol. The second-order valence-electron chi connectivity index (χ2n) is 5.26. The van der Waals surface area contributed by atoms with Crippen molar-refractivity contribution in [3.05, 3.63) is 52.2 Å². The number of rotatable bonds is 8. The lowest BCUT2D eigenvalue weighted by Gasteiger charge is -2.17. The maximum Gasteiger partial charge on any atom is 0.253 e. The number of carbonyl (C=O) groups is 1. The van der Waals surface area contributed by atoms with Crippen LogP contribution in [-0.4, -0.2) is 46.4 Å². The van der Waals surface area contributed by atoms with Crippen molar-refractivity contribution in [2.45, 2.75) is 11.4 Å². The lowest BCUT2D eigenvalue weighted by Crippen LogP contribution is -2.33. The van der Waals surface area contributed by atoms with E-state index < -0.39 is 10.0 Å². The Kier molecular flexibility index (Phi) is 6.50. The normalized spacial score (nSPS) is 11.4. The molecule has 2 N–H and O–H groups in total. The summed E-state index contributed by atoms with van der Waals surface area (Å²) in [6.07, 6.45) is 0. The fourth-order valence-corrected chi connectivity index (χ4v) is 3.85. The predicted octanol–water partition coefficient (Wildman–Crippen LogP) is 1.52. The zero-order chi connectivity index (χ0) is 17.6. The van der Waals surface area contributed by atoms with E-state index in [2.05, 4.69) is 10.0 Å². The summed E-state index contributed by atoms with van der Waals surface area (Å²) in [6, 6.07) is 9.84. The van der Waals surface area contributed by atoms with Crippen LogP contribution in [0.4, 0.5) is 0 Å². The fraction of sp³-hybridized carbons (Fsp3) is 0.312. The van der Waals surface area contributed by atoms with Crippen LogP contribution in [0.2, 0.25) is 0 Å². The van der Waals surface area contributed by atoms with Crippen LogP contribution in [0.3, 0.4) is 0 Å². The van der Waals surface area contributed by atoms with Crippen LogP contribution in [-0.2, 0) is 16.6 Å². The molecule has 0 fully saturated rings. The first-order chi connectivity index (χ1) is 11.4. The van der Waals surface area contributed by atoms with Gasteiger partial charge < -0.3 is 10.2 Å². The Hall–Kier alpha value is -1.74. The molecule has 130 valence electrons. The molecule has 0 aliphatic rings. The van der Waals surface area contributed by atoms with Gasteiger partial charge in [0.1, 0.15) is 0 Å². The number of thiophene rings is 1. The van der Waals surface area contributed by atoms with Crippen LogP contribution in [0.5, 0.6) is 0 Å². The van der Waals surface area contributed by atoms with Crippen LogP contribution in [0, 0.1) is 0 Å². The Bertz CT molecular complexity index is 774. The average molecular weight is 367 g/mol. The molecule has 1 aromatic carbocycles. The summed E-state index contributed by atoms with van der Waals surface area (Å²) < 4.78 is 27.4. The minimum Gasteiger partial charge on any atom is -0.340 e. The van der Waals surface area contributed by atoms with Crippen molar-refractivity contribution in [1.82, 2.24) is 14.9 Å². The Labute approximate surface area is 146 Å². The van der Waals surface area contributed by atoms with E-state index in [9.17, 15) is 13.2 Å². The van der Waals surface area contributed by atoms with E-state index >= 15 is 0 Å². The molecule has 0 spiro atoms. The number of amides is 1. The maximum atomic E-state index is 12.4. The molecule has 0 atom stereocenters. The molecule has 0 bridgehead atoms. The minimum atomic E-state index is -3.66. The first kappa shape index (κ1) is 18.6. The van der Waals surface area contributed by atoms with Gasteiger partial charge in [-0.15, -0.1) is 11.3 Å². The first-order valence-electron chi connectivity index (χ1n) is 7.46. The molecule has 0 saturated heterocycles. The van der Waals surface area contributed by atoms with Gasteiger partial charge in [-0.1, -0.05) is 12.1 Å². The molecule has 2 aromatic rings. The highest BCUT2D eigenvalue weighted by Gasteiger charge is 2.18. The topological polar surface area (TPSA) is 78.5 Å². The molecule has 1 aromatic heterocycles. The van der Waals surface area contributed by atoms with Crippen LogP contribution in [0.1, 0.15) is 15.2 Å². The quantitative estimate of drug-likeness (QED) is 0.741. The molecule has 0 aliphatic carbocycles. The molecule has 0 aliphatic heterocycles. The minimum absolute atomic E-state index is 0.0897. The van der Waals surface area contributed by atoms with Gasteiger partial charge in [-0.2, -0.15) is 0 Å². The summed E-state index contributed by atoms with van der Waals surface area (Å²) in [6.45, 7) is 1.45. The second-order valence-corrected chi connectivity index (χ2v) is 8.06. The third-order valence-corrected chi connectivity index (χ3v) is 5.73. The number of benzene rings is 1. The third kappa shape index (κ3) is 4.88. The van der Waals surface area contributed by atoms with Crippen molar-refractivity contribution in [1.29, 1.82) is 0 Å². The molecule has 0 saturated carbocycles. The summed E-state index contributed by atoms with van der Waals surface area (Å²) in [5, 5.41) is 4.86. The number of sulfonamides is 1. The van der Waals surface area contributed by atoms with E-state index in [0.29, 0.717) is 18.7 Å². The Morgan fingerprint density at radius 1 is 1.25 bits per heavy atom. The standard InChI is InChI=1S/C16H21N3O3S2/c1-17-8-9-19(2)16(20)13-5-3-7-15(11-13)24(21,22)18-12-14-6-4-10-23-14/h3-7,10-11,17-18H,8-9,12H2,1-2H3. The van der Waals surface area contributed by atoms with Gasteiger partial charge >= 0.3 is 0 Å². The van der Waals surface area contributed by atoms with Crippen molar-refractivity contribution in [2.75, 3.05) is 27.2 Å². The molecule has 2 rings (SSSR count). The summed E-state index contributed by atoms with van der Waals surface area (Å²) in [4.78, 5) is 14.9. The van der Waals surface area contributed by atoms with Crippen molar-refractivity contribution in [2.24, 2.45) is 0 Å². The smallest absolute Gasteiger partial charge is 0.253 e. The van der Waals surface area contributed by atoms with Gasteiger partial charge in [0.05, 0.1) is 4.90 Å². The summed E-state index contributed by atoms with van der Waals surface area (Å²) >= 11 is 1.48. The van der Waals surface area contributed by atoms with E-state index in [1.807, 2.05) is 24.6 Å². The van der Waals surface area contributed by atoms with Crippen molar-refractivity contribution in [3.8, 4) is 0 Å². The molecular formula is C16H21N3O3S2. The number of likely N-dealkylation sites (N-methyl/N-ethyl adjacent to an activating group) is 2.